The summed E-state index contributed by atoms with van der Waals surface area (Å²) in [6.45, 7) is 10.1. The van der Waals surface area contributed by atoms with Crippen molar-refractivity contribution in [3.05, 3.63) is 29.8 Å². The maximum absolute atomic E-state index is 6.69. The van der Waals surface area contributed by atoms with E-state index in [1.54, 1.807) is 4.90 Å². The number of hydrogen-bond acceptors (Lipinski definition) is 2. The lowest BCUT2D eigenvalue weighted by Gasteiger charge is -2.50. The number of rotatable bonds is 1. The van der Waals surface area contributed by atoms with Crippen LogP contribution in [0.1, 0.15) is 71.0 Å². The van der Waals surface area contributed by atoms with Crippen LogP contribution in [0, 0.1) is 17.8 Å². The molecule has 0 aliphatic carbocycles. The Labute approximate surface area is 164 Å². The Kier molecular flexibility index (Phi) is 5.23. The van der Waals surface area contributed by atoms with Crippen molar-refractivity contribution >= 4 is 0 Å². The van der Waals surface area contributed by atoms with Gasteiger partial charge in [-0.3, -0.25) is 0 Å². The lowest BCUT2D eigenvalue weighted by atomic mass is 9.73. The molecule has 1 aromatic carbocycles. The summed E-state index contributed by atoms with van der Waals surface area (Å²) in [4.78, 5) is 1.65. The van der Waals surface area contributed by atoms with E-state index >= 15 is 0 Å². The fourth-order valence-corrected chi connectivity index (χ4v) is 5.02. The van der Waals surface area contributed by atoms with Crippen molar-refractivity contribution in [1.29, 1.82) is 0 Å². The molecular formula is C24H34NO2+. The van der Waals surface area contributed by atoms with Gasteiger partial charge in [0.05, 0.1) is 19.2 Å². The summed E-state index contributed by atoms with van der Waals surface area (Å²) in [6, 6.07) is 8.35. The maximum Gasteiger partial charge on any atom is 0.139 e. The molecule has 3 atom stereocenters. The van der Waals surface area contributed by atoms with Crippen molar-refractivity contribution in [3.63, 3.8) is 0 Å². The zero-order valence-corrected chi connectivity index (χ0v) is 17.1. The van der Waals surface area contributed by atoms with Crippen molar-refractivity contribution < 1.29 is 14.4 Å². The zero-order valence-electron chi connectivity index (χ0n) is 17.1. The third-order valence-electron chi connectivity index (χ3n) is 6.68. The van der Waals surface area contributed by atoms with Crippen LogP contribution in [-0.2, 0) is 4.74 Å². The maximum atomic E-state index is 6.69. The van der Waals surface area contributed by atoms with Crippen LogP contribution >= 0.6 is 0 Å². The van der Waals surface area contributed by atoms with Crippen molar-refractivity contribution in [2.75, 3.05) is 19.6 Å². The molecule has 3 heteroatoms. The largest absolute Gasteiger partial charge is 0.487 e. The van der Waals surface area contributed by atoms with Gasteiger partial charge in [0.15, 0.2) is 0 Å². The molecule has 2 fully saturated rings. The zero-order chi connectivity index (χ0) is 18.9. The van der Waals surface area contributed by atoms with E-state index in [0.29, 0.717) is 5.92 Å². The Morgan fingerprint density at radius 1 is 1.07 bits per heavy atom. The van der Waals surface area contributed by atoms with E-state index in [2.05, 4.69) is 50.8 Å². The number of quaternary nitrogens is 1. The highest BCUT2D eigenvalue weighted by Gasteiger charge is 2.49. The lowest BCUT2D eigenvalue weighted by molar-refractivity contribution is -0.891. The first kappa shape index (κ1) is 18.8. The third kappa shape index (κ3) is 4.03. The summed E-state index contributed by atoms with van der Waals surface area (Å²) >= 11 is 0. The average Bonchev–Trinajstić information content (AvgIpc) is 2.90. The van der Waals surface area contributed by atoms with E-state index in [9.17, 15) is 0 Å². The van der Waals surface area contributed by atoms with Gasteiger partial charge in [0.25, 0.3) is 0 Å². The molecule has 3 nitrogen and oxygen atoms in total. The second kappa shape index (κ2) is 7.49. The van der Waals surface area contributed by atoms with Crippen molar-refractivity contribution in [1.82, 2.24) is 0 Å². The number of hydrogen-bond donors (Lipinski definition) is 1. The highest BCUT2D eigenvalue weighted by atomic mass is 16.5. The number of fused-ring (bicyclic) bond motifs is 3. The number of likely N-dealkylation sites (tertiary alicyclic amines) is 1. The highest BCUT2D eigenvalue weighted by Crippen LogP contribution is 2.52. The van der Waals surface area contributed by atoms with Crippen LogP contribution in [0.3, 0.4) is 0 Å². The molecule has 0 amide bonds. The molecular weight excluding hydrogens is 334 g/mol. The minimum Gasteiger partial charge on any atom is -0.487 e. The van der Waals surface area contributed by atoms with E-state index in [0.717, 1.165) is 25.1 Å². The van der Waals surface area contributed by atoms with Gasteiger partial charge in [-0.25, -0.2) is 0 Å². The van der Waals surface area contributed by atoms with Crippen molar-refractivity contribution in [3.8, 4) is 17.6 Å². The van der Waals surface area contributed by atoms with Crippen LogP contribution in [0.2, 0.25) is 0 Å². The van der Waals surface area contributed by atoms with Gasteiger partial charge in [0.2, 0.25) is 0 Å². The van der Waals surface area contributed by atoms with E-state index < -0.39 is 0 Å². The third-order valence-corrected chi connectivity index (χ3v) is 6.68. The number of nitrogens with one attached hydrogen (secondary N) is 1. The fourth-order valence-electron chi connectivity index (χ4n) is 5.02. The predicted octanol–water partition coefficient (Wildman–Crippen LogP) is 3.55. The van der Waals surface area contributed by atoms with Gasteiger partial charge in [0, 0.05) is 11.5 Å². The second-order valence-corrected chi connectivity index (χ2v) is 9.30. The summed E-state index contributed by atoms with van der Waals surface area (Å²) < 4.78 is 13.0. The number of benzene rings is 1. The van der Waals surface area contributed by atoms with E-state index in [-0.39, 0.29) is 17.3 Å². The SMILES string of the molecule is CC1(C)Oc2ccccc2[C@H]2O[C@](C)(C#CC[NH+]3CCCCCC3)CC[C@@H]21. The normalized spacial score (nSPS) is 32.9. The molecule has 0 spiro atoms. The van der Waals surface area contributed by atoms with Crippen LogP contribution in [-0.4, -0.2) is 30.8 Å². The van der Waals surface area contributed by atoms with Crippen LogP contribution < -0.4 is 9.64 Å². The molecule has 4 rings (SSSR count). The van der Waals surface area contributed by atoms with Crippen LogP contribution in [0.25, 0.3) is 0 Å². The van der Waals surface area contributed by atoms with Gasteiger partial charge in [0.1, 0.15) is 23.5 Å². The molecule has 0 unspecified atom stereocenters. The first-order chi connectivity index (χ1) is 13.0. The van der Waals surface area contributed by atoms with Gasteiger partial charge in [-0.05, 0) is 71.3 Å². The monoisotopic (exact) mass is 368 g/mol. The van der Waals surface area contributed by atoms with Gasteiger partial charge in [-0.1, -0.05) is 24.1 Å². The average molecular weight is 369 g/mol. The minimum atomic E-state index is -0.354. The summed E-state index contributed by atoms with van der Waals surface area (Å²) in [6.07, 6.45) is 7.61. The van der Waals surface area contributed by atoms with Gasteiger partial charge in [-0.2, -0.15) is 0 Å². The van der Waals surface area contributed by atoms with E-state index in [4.69, 9.17) is 9.47 Å². The molecule has 146 valence electrons. The summed E-state index contributed by atoms with van der Waals surface area (Å²) in [7, 11) is 0. The topological polar surface area (TPSA) is 22.9 Å². The van der Waals surface area contributed by atoms with Gasteiger partial charge >= 0.3 is 0 Å². The molecule has 0 saturated carbocycles. The Hall–Kier alpha value is -1.50. The summed E-state index contributed by atoms with van der Waals surface area (Å²) in [5.41, 5.74) is 0.629. The van der Waals surface area contributed by atoms with Gasteiger partial charge in [-0.15, -0.1) is 0 Å². The first-order valence-electron chi connectivity index (χ1n) is 10.8. The minimum absolute atomic E-state index is 0.0727. The van der Waals surface area contributed by atoms with Crippen LogP contribution in [0.15, 0.2) is 24.3 Å². The molecule has 3 aliphatic rings. The van der Waals surface area contributed by atoms with Crippen LogP contribution in [0.4, 0.5) is 0 Å². The van der Waals surface area contributed by atoms with E-state index in [1.165, 1.54) is 44.3 Å². The summed E-state index contributed by atoms with van der Waals surface area (Å²) in [5, 5.41) is 0. The molecule has 27 heavy (non-hydrogen) atoms. The van der Waals surface area contributed by atoms with E-state index in [1.807, 2.05) is 6.07 Å². The Balaban J connectivity index is 1.50. The molecule has 0 bridgehead atoms. The highest BCUT2D eigenvalue weighted by molar-refractivity contribution is 5.39. The lowest BCUT2D eigenvalue weighted by Crippen LogP contribution is -3.11. The second-order valence-electron chi connectivity index (χ2n) is 9.30. The van der Waals surface area contributed by atoms with Crippen LogP contribution in [0.5, 0.6) is 5.75 Å². The number of ether oxygens (including phenoxy) is 2. The molecule has 1 aromatic rings. The Bertz CT molecular complexity index is 723. The van der Waals surface area contributed by atoms with Crippen molar-refractivity contribution in [2.45, 2.75) is 76.6 Å². The first-order valence-corrected chi connectivity index (χ1v) is 10.8. The quantitative estimate of drug-likeness (QED) is 0.766. The molecule has 0 aromatic heterocycles. The standard InChI is InChI=1S/C24H33NO2/c1-23(2)20-13-15-24(3,14-10-18-25-16-8-4-5-9-17-25)27-22(20)19-11-6-7-12-21(19)26-23/h6-7,11-12,20,22H,4-5,8-9,13,15-18H2,1-3H3/p+1/t20-,22+,24+/m0/s1. The number of para-hydroxylation sites is 1. The predicted molar refractivity (Wildman–Crippen MR) is 108 cm³/mol. The Morgan fingerprint density at radius 3 is 2.59 bits per heavy atom. The fraction of sp³-hybridized carbons (Fsp3) is 0.667. The summed E-state index contributed by atoms with van der Waals surface area (Å²) in [5.74, 6) is 8.35. The molecule has 3 heterocycles. The molecule has 3 aliphatic heterocycles. The van der Waals surface area contributed by atoms with Gasteiger partial charge < -0.3 is 14.4 Å². The molecule has 2 saturated heterocycles. The Morgan fingerprint density at radius 2 is 1.81 bits per heavy atom. The van der Waals surface area contributed by atoms with Crippen molar-refractivity contribution in [2.24, 2.45) is 5.92 Å². The molecule has 1 N–H and O–H groups in total. The molecule has 0 radical (unpaired) electrons. The smallest absolute Gasteiger partial charge is 0.139 e.